The Morgan fingerprint density at radius 2 is 2.12 bits per heavy atom. The highest BCUT2D eigenvalue weighted by Crippen LogP contribution is 2.29. The topological polar surface area (TPSA) is 32.8 Å². The molecule has 0 aromatic heterocycles. The lowest BCUT2D eigenvalue weighted by Gasteiger charge is -2.38. The molecule has 2 heterocycles. The lowest BCUT2D eigenvalue weighted by atomic mass is 10.0. The molecule has 0 bridgehead atoms. The summed E-state index contributed by atoms with van der Waals surface area (Å²) in [5, 5.41) is 0. The number of thioether (sulfide) groups is 1. The zero-order valence-corrected chi connectivity index (χ0v) is 15.6. The van der Waals surface area contributed by atoms with Crippen LogP contribution >= 0.6 is 11.8 Å². The molecule has 4 nitrogen and oxygen atoms in total. The molecule has 0 spiro atoms. The first-order valence-electron chi connectivity index (χ1n) is 8.93. The van der Waals surface area contributed by atoms with Crippen molar-refractivity contribution >= 4 is 23.4 Å². The predicted molar refractivity (Wildman–Crippen MR) is 99.8 cm³/mol. The van der Waals surface area contributed by atoms with Crippen LogP contribution in [-0.2, 0) is 9.53 Å². The first kappa shape index (κ1) is 17.8. The molecule has 2 saturated heterocycles. The fourth-order valence-electron chi connectivity index (χ4n) is 3.67. The molecule has 1 atom stereocenters. The minimum absolute atomic E-state index is 0.106. The Hall–Kier alpha value is -1.04. The third-order valence-corrected chi connectivity index (χ3v) is 5.81. The lowest BCUT2D eigenvalue weighted by molar-refractivity contribution is -0.121. The number of carbonyl (C=O) groups excluding carboxylic acids is 1. The number of likely N-dealkylation sites (tertiary alicyclic amines) is 1. The molecule has 2 aliphatic heterocycles. The molecule has 3 rings (SSSR count). The highest BCUT2D eigenvalue weighted by molar-refractivity contribution is 7.98. The van der Waals surface area contributed by atoms with E-state index < -0.39 is 0 Å². The third-order valence-electron chi connectivity index (χ3n) is 5.08. The van der Waals surface area contributed by atoms with Gasteiger partial charge in [-0.15, -0.1) is 11.8 Å². The normalized spacial score (nSPS) is 22.7. The summed E-state index contributed by atoms with van der Waals surface area (Å²) in [7, 11) is 2.16. The van der Waals surface area contributed by atoms with Crippen molar-refractivity contribution in [3.63, 3.8) is 0 Å². The fraction of sp³-hybridized carbons (Fsp3) is 0.632. The number of benzene rings is 1. The van der Waals surface area contributed by atoms with Crippen LogP contribution in [0.5, 0.6) is 0 Å². The van der Waals surface area contributed by atoms with Crippen molar-refractivity contribution < 1.29 is 9.53 Å². The Morgan fingerprint density at radius 3 is 2.79 bits per heavy atom. The van der Waals surface area contributed by atoms with Crippen LogP contribution in [0.3, 0.4) is 0 Å². The van der Waals surface area contributed by atoms with Gasteiger partial charge in [-0.2, -0.15) is 0 Å². The monoisotopic (exact) mass is 348 g/mol. The molecular formula is C19H28N2O2S. The highest BCUT2D eigenvalue weighted by atomic mass is 32.2. The molecule has 132 valence electrons. The number of hydrogen-bond donors (Lipinski definition) is 0. The second-order valence-corrected chi connectivity index (χ2v) is 7.72. The molecule has 0 saturated carbocycles. The van der Waals surface area contributed by atoms with Crippen LogP contribution in [0.25, 0.3) is 0 Å². The summed E-state index contributed by atoms with van der Waals surface area (Å²) in [6.45, 7) is 2.90. The van der Waals surface area contributed by atoms with Gasteiger partial charge >= 0.3 is 0 Å². The van der Waals surface area contributed by atoms with Crippen LogP contribution in [0.1, 0.15) is 32.1 Å². The average molecular weight is 349 g/mol. The summed E-state index contributed by atoms with van der Waals surface area (Å²) in [6.07, 6.45) is 6.86. The summed E-state index contributed by atoms with van der Waals surface area (Å²) in [5.74, 6) is 0.217. The van der Waals surface area contributed by atoms with E-state index in [1.165, 1.54) is 4.90 Å². The van der Waals surface area contributed by atoms with E-state index in [1.807, 2.05) is 0 Å². The van der Waals surface area contributed by atoms with Gasteiger partial charge in [0, 0.05) is 23.2 Å². The molecule has 1 unspecified atom stereocenters. The van der Waals surface area contributed by atoms with Crippen LogP contribution in [0.15, 0.2) is 29.2 Å². The number of carbonyl (C=O) groups is 1. The van der Waals surface area contributed by atoms with Gasteiger partial charge in [0.05, 0.1) is 12.5 Å². The highest BCUT2D eigenvalue weighted by Gasteiger charge is 2.30. The van der Waals surface area contributed by atoms with Crippen LogP contribution in [-0.4, -0.2) is 56.0 Å². The quantitative estimate of drug-likeness (QED) is 0.764. The summed E-state index contributed by atoms with van der Waals surface area (Å²) in [6, 6.07) is 8.68. The molecule has 0 radical (unpaired) electrons. The first-order chi connectivity index (χ1) is 11.7. The second kappa shape index (κ2) is 8.37. The largest absolute Gasteiger partial charge is 0.378 e. The maximum atomic E-state index is 13.1. The lowest BCUT2D eigenvalue weighted by Crippen LogP contribution is -2.47. The molecule has 5 heteroatoms. The zero-order chi connectivity index (χ0) is 16.9. The minimum Gasteiger partial charge on any atom is -0.378 e. The van der Waals surface area contributed by atoms with Crippen LogP contribution in [0.2, 0.25) is 0 Å². The molecule has 0 aliphatic carbocycles. The van der Waals surface area contributed by atoms with E-state index in [4.69, 9.17) is 4.74 Å². The third kappa shape index (κ3) is 4.32. The molecule has 24 heavy (non-hydrogen) atoms. The molecule has 1 aromatic rings. The van der Waals surface area contributed by atoms with E-state index >= 15 is 0 Å². The van der Waals surface area contributed by atoms with Crippen molar-refractivity contribution in [1.29, 1.82) is 0 Å². The van der Waals surface area contributed by atoms with E-state index in [0.29, 0.717) is 12.5 Å². The SMILES string of the molecule is CSc1cccc(N(C(=O)CC2CCCO2)C2CCN(C)CC2)c1. The molecule has 2 aliphatic rings. The standard InChI is InChI=1S/C19H28N2O2S/c1-20-10-8-15(9-11-20)21(16-5-3-7-18(13-16)24-2)19(22)14-17-6-4-12-23-17/h3,5,7,13,15,17H,4,6,8-12,14H2,1-2H3. The summed E-state index contributed by atoms with van der Waals surface area (Å²) in [5.41, 5.74) is 1.04. The van der Waals surface area contributed by atoms with Gasteiger partial charge in [0.1, 0.15) is 0 Å². The Bertz CT molecular complexity index is 552. The average Bonchev–Trinajstić information content (AvgIpc) is 3.10. The van der Waals surface area contributed by atoms with Crippen molar-refractivity contribution in [2.45, 2.75) is 49.1 Å². The number of anilines is 1. The van der Waals surface area contributed by atoms with E-state index in [-0.39, 0.29) is 12.0 Å². The van der Waals surface area contributed by atoms with Gasteiger partial charge in [0.15, 0.2) is 0 Å². The van der Waals surface area contributed by atoms with Gasteiger partial charge in [0.2, 0.25) is 5.91 Å². The smallest absolute Gasteiger partial charge is 0.229 e. The van der Waals surface area contributed by atoms with Gasteiger partial charge in [-0.05, 0) is 70.3 Å². The number of ether oxygens (including phenoxy) is 1. The second-order valence-electron chi connectivity index (χ2n) is 6.84. The Balaban J connectivity index is 1.80. The van der Waals surface area contributed by atoms with Crippen molar-refractivity contribution in [3.05, 3.63) is 24.3 Å². The van der Waals surface area contributed by atoms with E-state index in [0.717, 1.165) is 51.1 Å². The van der Waals surface area contributed by atoms with Crippen molar-refractivity contribution in [2.75, 3.05) is 37.9 Å². The first-order valence-corrected chi connectivity index (χ1v) is 10.2. The minimum atomic E-state index is 0.106. The summed E-state index contributed by atoms with van der Waals surface area (Å²) >= 11 is 1.72. The van der Waals surface area contributed by atoms with Gasteiger partial charge < -0.3 is 14.5 Å². The molecule has 0 N–H and O–H groups in total. The molecule has 1 aromatic carbocycles. The maximum Gasteiger partial charge on any atom is 0.229 e. The summed E-state index contributed by atoms with van der Waals surface area (Å²) in [4.78, 5) is 18.7. The predicted octanol–water partition coefficient (Wildman–Crippen LogP) is 3.40. The maximum absolute atomic E-state index is 13.1. The number of amides is 1. The Kier molecular flexibility index (Phi) is 6.19. The fourth-order valence-corrected chi connectivity index (χ4v) is 4.12. The van der Waals surface area contributed by atoms with Crippen LogP contribution < -0.4 is 4.90 Å². The number of piperidine rings is 1. The summed E-state index contributed by atoms with van der Waals surface area (Å²) < 4.78 is 5.70. The Morgan fingerprint density at radius 1 is 1.33 bits per heavy atom. The van der Waals surface area contributed by atoms with Crippen molar-refractivity contribution in [3.8, 4) is 0 Å². The van der Waals surface area contributed by atoms with Gasteiger partial charge in [-0.3, -0.25) is 4.79 Å². The van der Waals surface area contributed by atoms with E-state index in [9.17, 15) is 4.79 Å². The van der Waals surface area contributed by atoms with E-state index in [2.05, 4.69) is 47.4 Å². The van der Waals surface area contributed by atoms with Gasteiger partial charge in [-0.25, -0.2) is 0 Å². The van der Waals surface area contributed by atoms with Crippen LogP contribution in [0, 0.1) is 0 Å². The zero-order valence-electron chi connectivity index (χ0n) is 14.7. The van der Waals surface area contributed by atoms with Crippen LogP contribution in [0.4, 0.5) is 5.69 Å². The van der Waals surface area contributed by atoms with Crippen molar-refractivity contribution in [2.24, 2.45) is 0 Å². The molecular weight excluding hydrogens is 320 g/mol. The van der Waals surface area contributed by atoms with Gasteiger partial charge in [-0.1, -0.05) is 6.07 Å². The van der Waals surface area contributed by atoms with Gasteiger partial charge in [0.25, 0.3) is 0 Å². The van der Waals surface area contributed by atoms with Crippen molar-refractivity contribution in [1.82, 2.24) is 4.90 Å². The number of hydrogen-bond acceptors (Lipinski definition) is 4. The Labute approximate surface area is 149 Å². The molecule has 1 amide bonds. The van der Waals surface area contributed by atoms with E-state index in [1.54, 1.807) is 11.8 Å². The number of rotatable bonds is 5. The number of nitrogens with zero attached hydrogens (tertiary/aromatic N) is 2. The molecule has 2 fully saturated rings.